The Hall–Kier alpha value is -2.34. The Kier molecular flexibility index (Phi) is 6.58. The fourth-order valence-corrected chi connectivity index (χ4v) is 2.72. The van der Waals surface area contributed by atoms with Gasteiger partial charge in [-0.2, -0.15) is 0 Å². The Morgan fingerprint density at radius 1 is 1.04 bits per heavy atom. The molecule has 2 aromatic rings. The average Bonchev–Trinajstić information content (AvgIpc) is 2.57. The summed E-state index contributed by atoms with van der Waals surface area (Å²) in [5, 5.41) is 5.64. The van der Waals surface area contributed by atoms with Crippen molar-refractivity contribution in [1.82, 2.24) is 0 Å². The molecule has 0 saturated carbocycles. The highest BCUT2D eigenvalue weighted by molar-refractivity contribution is 9.10. The van der Waals surface area contributed by atoms with Gasteiger partial charge in [-0.05, 0) is 55.3 Å². The molecule has 0 fully saturated rings. The first kappa shape index (κ1) is 19.0. The van der Waals surface area contributed by atoms with E-state index in [0.717, 1.165) is 15.6 Å². The van der Waals surface area contributed by atoms with Crippen LogP contribution in [0, 0.1) is 13.8 Å². The van der Waals surface area contributed by atoms with Crippen molar-refractivity contribution in [2.24, 2.45) is 0 Å². The smallest absolute Gasteiger partial charge is 0.262 e. The number of aryl methyl sites for hydroxylation is 1. The van der Waals surface area contributed by atoms with E-state index in [1.54, 1.807) is 25.1 Å². The molecule has 0 aliphatic carbocycles. The number of nitrogens with one attached hydrogen (secondary N) is 2. The molecule has 2 rings (SSSR count). The molecule has 2 aromatic carbocycles. The molecular formula is C19H21BrN2O3. The minimum Gasteiger partial charge on any atom is -0.483 e. The Labute approximate surface area is 155 Å². The van der Waals surface area contributed by atoms with E-state index in [1.807, 2.05) is 32.0 Å². The molecule has 5 nitrogen and oxygen atoms in total. The number of hydrogen-bond donors (Lipinski definition) is 2. The van der Waals surface area contributed by atoms with Gasteiger partial charge in [-0.15, -0.1) is 0 Å². The van der Waals surface area contributed by atoms with Crippen molar-refractivity contribution in [3.63, 3.8) is 0 Å². The van der Waals surface area contributed by atoms with Gasteiger partial charge in [0.25, 0.3) is 5.91 Å². The highest BCUT2D eigenvalue weighted by atomic mass is 79.9. The number of hydrogen-bond acceptors (Lipinski definition) is 3. The minimum absolute atomic E-state index is 0.0689. The lowest BCUT2D eigenvalue weighted by atomic mass is 10.1. The molecule has 0 atom stereocenters. The summed E-state index contributed by atoms with van der Waals surface area (Å²) in [5.74, 6) is 0.337. The molecule has 0 aliphatic heterocycles. The summed E-state index contributed by atoms with van der Waals surface area (Å²) in [5.41, 5.74) is 3.09. The van der Waals surface area contributed by atoms with Crippen molar-refractivity contribution >= 4 is 39.1 Å². The third-order valence-electron chi connectivity index (χ3n) is 3.70. The largest absolute Gasteiger partial charge is 0.483 e. The molecule has 0 radical (unpaired) electrons. The van der Waals surface area contributed by atoms with Crippen molar-refractivity contribution < 1.29 is 14.3 Å². The van der Waals surface area contributed by atoms with Crippen LogP contribution in [0.1, 0.15) is 24.5 Å². The topological polar surface area (TPSA) is 67.4 Å². The Balaban J connectivity index is 2.00. The molecule has 0 unspecified atom stereocenters. The lowest BCUT2D eigenvalue weighted by molar-refractivity contribution is -0.118. The van der Waals surface area contributed by atoms with Crippen LogP contribution in [0.2, 0.25) is 0 Å². The average molecular weight is 405 g/mol. The first-order valence-corrected chi connectivity index (χ1v) is 8.78. The van der Waals surface area contributed by atoms with Gasteiger partial charge in [0.1, 0.15) is 5.75 Å². The zero-order valence-electron chi connectivity index (χ0n) is 14.5. The number of rotatable bonds is 6. The van der Waals surface area contributed by atoms with Crippen LogP contribution in [-0.4, -0.2) is 18.4 Å². The van der Waals surface area contributed by atoms with Crippen molar-refractivity contribution in [3.05, 3.63) is 52.0 Å². The van der Waals surface area contributed by atoms with Gasteiger partial charge in [0.2, 0.25) is 5.91 Å². The first-order chi connectivity index (χ1) is 11.9. The standard InChI is InChI=1S/C19H21BrN2O3/c1-4-18(23)21-15-6-5-7-16(13(15)3)22-19(24)11-25-17-9-8-14(20)10-12(17)2/h5-10H,4,11H2,1-3H3,(H,21,23)(H,22,24). The summed E-state index contributed by atoms with van der Waals surface area (Å²) in [6, 6.07) is 11.0. The first-order valence-electron chi connectivity index (χ1n) is 7.99. The van der Waals surface area contributed by atoms with Crippen LogP contribution >= 0.6 is 15.9 Å². The minimum atomic E-state index is -0.260. The molecule has 0 heterocycles. The van der Waals surface area contributed by atoms with E-state index in [2.05, 4.69) is 26.6 Å². The van der Waals surface area contributed by atoms with Crippen molar-refractivity contribution in [2.75, 3.05) is 17.2 Å². The zero-order chi connectivity index (χ0) is 18.4. The number of halogens is 1. The predicted octanol–water partition coefficient (Wildman–Crippen LogP) is 4.43. The molecule has 0 saturated heterocycles. The van der Waals surface area contributed by atoms with Crippen molar-refractivity contribution in [3.8, 4) is 5.75 Å². The second-order valence-corrected chi connectivity index (χ2v) is 6.54. The van der Waals surface area contributed by atoms with Crippen LogP contribution in [0.5, 0.6) is 5.75 Å². The monoisotopic (exact) mass is 404 g/mol. The molecule has 132 valence electrons. The maximum absolute atomic E-state index is 12.2. The van der Waals surface area contributed by atoms with Crippen molar-refractivity contribution in [1.29, 1.82) is 0 Å². The summed E-state index contributed by atoms with van der Waals surface area (Å²) in [6.07, 6.45) is 0.399. The highest BCUT2D eigenvalue weighted by Crippen LogP contribution is 2.24. The fourth-order valence-electron chi connectivity index (χ4n) is 2.25. The van der Waals surface area contributed by atoms with Gasteiger partial charge in [-0.25, -0.2) is 0 Å². The second-order valence-electron chi connectivity index (χ2n) is 5.63. The maximum atomic E-state index is 12.2. The SMILES string of the molecule is CCC(=O)Nc1cccc(NC(=O)COc2ccc(Br)cc2C)c1C. The van der Waals surface area contributed by atoms with E-state index in [9.17, 15) is 9.59 Å². The fraction of sp³-hybridized carbons (Fsp3) is 0.263. The van der Waals surface area contributed by atoms with Crippen LogP contribution in [-0.2, 0) is 9.59 Å². The van der Waals surface area contributed by atoms with E-state index in [1.165, 1.54) is 0 Å². The molecule has 0 bridgehead atoms. The number of ether oxygens (including phenoxy) is 1. The van der Waals surface area contributed by atoms with Gasteiger partial charge < -0.3 is 15.4 Å². The molecule has 0 spiro atoms. The number of carbonyl (C=O) groups is 2. The lowest BCUT2D eigenvalue weighted by Crippen LogP contribution is -2.21. The number of carbonyl (C=O) groups excluding carboxylic acids is 2. The van der Waals surface area contributed by atoms with Gasteiger partial charge in [-0.1, -0.05) is 28.9 Å². The normalized spacial score (nSPS) is 10.2. The number of benzene rings is 2. The van der Waals surface area contributed by atoms with Gasteiger partial charge in [-0.3, -0.25) is 9.59 Å². The molecule has 2 N–H and O–H groups in total. The van der Waals surface area contributed by atoms with Crippen LogP contribution in [0.15, 0.2) is 40.9 Å². The molecular weight excluding hydrogens is 384 g/mol. The summed E-state index contributed by atoms with van der Waals surface area (Å²) in [6.45, 7) is 5.47. The second kappa shape index (κ2) is 8.67. The predicted molar refractivity (Wildman–Crippen MR) is 103 cm³/mol. The van der Waals surface area contributed by atoms with E-state index in [0.29, 0.717) is 23.5 Å². The van der Waals surface area contributed by atoms with Gasteiger partial charge in [0, 0.05) is 22.3 Å². The molecule has 0 aromatic heterocycles. The van der Waals surface area contributed by atoms with Crippen LogP contribution in [0.4, 0.5) is 11.4 Å². The molecule has 2 amide bonds. The van der Waals surface area contributed by atoms with Gasteiger partial charge in [0.05, 0.1) is 0 Å². The van der Waals surface area contributed by atoms with Crippen LogP contribution < -0.4 is 15.4 Å². The quantitative estimate of drug-likeness (QED) is 0.747. The number of anilines is 2. The summed E-state index contributed by atoms with van der Waals surface area (Å²) < 4.78 is 6.54. The molecule has 25 heavy (non-hydrogen) atoms. The summed E-state index contributed by atoms with van der Waals surface area (Å²) >= 11 is 3.39. The van der Waals surface area contributed by atoms with Gasteiger partial charge >= 0.3 is 0 Å². The van der Waals surface area contributed by atoms with Crippen molar-refractivity contribution in [2.45, 2.75) is 27.2 Å². The third kappa shape index (κ3) is 5.32. The number of amides is 2. The van der Waals surface area contributed by atoms with Crippen LogP contribution in [0.25, 0.3) is 0 Å². The summed E-state index contributed by atoms with van der Waals surface area (Å²) in [7, 11) is 0. The van der Waals surface area contributed by atoms with Crippen LogP contribution in [0.3, 0.4) is 0 Å². The highest BCUT2D eigenvalue weighted by Gasteiger charge is 2.10. The zero-order valence-corrected chi connectivity index (χ0v) is 16.1. The van der Waals surface area contributed by atoms with E-state index in [-0.39, 0.29) is 18.4 Å². The van der Waals surface area contributed by atoms with E-state index in [4.69, 9.17) is 4.74 Å². The van der Waals surface area contributed by atoms with E-state index >= 15 is 0 Å². The molecule has 6 heteroatoms. The lowest BCUT2D eigenvalue weighted by Gasteiger charge is -2.14. The summed E-state index contributed by atoms with van der Waals surface area (Å²) in [4.78, 5) is 23.7. The third-order valence-corrected chi connectivity index (χ3v) is 4.19. The maximum Gasteiger partial charge on any atom is 0.262 e. The van der Waals surface area contributed by atoms with Gasteiger partial charge in [0.15, 0.2) is 6.61 Å². The molecule has 0 aliphatic rings. The Bertz CT molecular complexity index is 790. The Morgan fingerprint density at radius 2 is 1.68 bits per heavy atom. The Morgan fingerprint density at radius 3 is 2.28 bits per heavy atom. The van der Waals surface area contributed by atoms with E-state index < -0.39 is 0 Å².